The van der Waals surface area contributed by atoms with Crippen LogP contribution in [-0.4, -0.2) is 13.6 Å². The fraction of sp³-hybridized carbons (Fsp3) is 0.500. The number of hydrogen-bond donors (Lipinski definition) is 1. The van der Waals surface area contributed by atoms with Crippen molar-refractivity contribution in [3.8, 4) is 0 Å². The topological polar surface area (TPSA) is 12.0 Å². The third-order valence-corrected chi connectivity index (χ3v) is 4.10. The van der Waals surface area contributed by atoms with Gasteiger partial charge in [0.1, 0.15) is 0 Å². The standard InChI is InChI=1S/C12H15Cl2N/c1-15-8-12(5-2-6-12)9-3-4-10(13)11(14)7-9/h3-4,7,15H,2,5-6,8H2,1H3. The summed E-state index contributed by atoms with van der Waals surface area (Å²) in [5, 5.41) is 4.57. The number of benzene rings is 1. The molecule has 1 N–H and O–H groups in total. The minimum absolute atomic E-state index is 0.295. The fourth-order valence-electron chi connectivity index (χ4n) is 2.34. The third kappa shape index (κ3) is 2.01. The minimum Gasteiger partial charge on any atom is -0.319 e. The van der Waals surface area contributed by atoms with Crippen molar-refractivity contribution in [1.29, 1.82) is 0 Å². The molecular formula is C12H15Cl2N. The molecule has 15 heavy (non-hydrogen) atoms. The van der Waals surface area contributed by atoms with Crippen LogP contribution in [0.5, 0.6) is 0 Å². The summed E-state index contributed by atoms with van der Waals surface area (Å²) in [6.07, 6.45) is 3.79. The van der Waals surface area contributed by atoms with Gasteiger partial charge in [-0.25, -0.2) is 0 Å². The van der Waals surface area contributed by atoms with Crippen molar-refractivity contribution < 1.29 is 0 Å². The molecule has 0 aromatic heterocycles. The van der Waals surface area contributed by atoms with E-state index in [1.807, 2.05) is 19.2 Å². The van der Waals surface area contributed by atoms with Gasteiger partial charge in [0.25, 0.3) is 0 Å². The van der Waals surface area contributed by atoms with Crippen molar-refractivity contribution in [3.05, 3.63) is 33.8 Å². The summed E-state index contributed by atoms with van der Waals surface area (Å²) < 4.78 is 0. The quantitative estimate of drug-likeness (QED) is 0.856. The van der Waals surface area contributed by atoms with E-state index in [0.29, 0.717) is 15.5 Å². The summed E-state index contributed by atoms with van der Waals surface area (Å²) in [6, 6.07) is 6.01. The molecule has 0 amide bonds. The predicted octanol–water partition coefficient (Wildman–Crippen LogP) is 3.63. The summed E-state index contributed by atoms with van der Waals surface area (Å²) in [6.45, 7) is 1.02. The van der Waals surface area contributed by atoms with E-state index >= 15 is 0 Å². The lowest BCUT2D eigenvalue weighted by Gasteiger charge is -2.42. The van der Waals surface area contributed by atoms with Crippen molar-refractivity contribution >= 4 is 23.2 Å². The van der Waals surface area contributed by atoms with Gasteiger partial charge in [0.15, 0.2) is 0 Å². The van der Waals surface area contributed by atoms with E-state index < -0.39 is 0 Å². The van der Waals surface area contributed by atoms with Crippen LogP contribution in [-0.2, 0) is 5.41 Å². The summed E-state index contributed by atoms with van der Waals surface area (Å²) in [4.78, 5) is 0. The first-order valence-electron chi connectivity index (χ1n) is 5.28. The Kier molecular flexibility index (Phi) is 3.24. The van der Waals surface area contributed by atoms with Gasteiger partial charge >= 0.3 is 0 Å². The second-order valence-corrected chi connectivity index (χ2v) is 5.11. The Morgan fingerprint density at radius 1 is 1.27 bits per heavy atom. The number of rotatable bonds is 3. The molecule has 1 fully saturated rings. The smallest absolute Gasteiger partial charge is 0.0595 e. The van der Waals surface area contributed by atoms with E-state index in [0.717, 1.165) is 6.54 Å². The minimum atomic E-state index is 0.295. The maximum atomic E-state index is 6.05. The lowest BCUT2D eigenvalue weighted by Crippen LogP contribution is -2.42. The van der Waals surface area contributed by atoms with E-state index in [-0.39, 0.29) is 0 Å². The Morgan fingerprint density at radius 3 is 2.47 bits per heavy atom. The second kappa shape index (κ2) is 4.32. The van der Waals surface area contributed by atoms with Crippen molar-refractivity contribution in [1.82, 2.24) is 5.32 Å². The van der Waals surface area contributed by atoms with E-state index in [2.05, 4.69) is 11.4 Å². The Balaban J connectivity index is 2.30. The highest BCUT2D eigenvalue weighted by Gasteiger charge is 2.38. The molecule has 1 saturated carbocycles. The Morgan fingerprint density at radius 2 is 2.00 bits per heavy atom. The molecular weight excluding hydrogens is 229 g/mol. The van der Waals surface area contributed by atoms with Crippen LogP contribution in [0, 0.1) is 0 Å². The normalized spacial score (nSPS) is 18.6. The van der Waals surface area contributed by atoms with Crippen LogP contribution in [0.1, 0.15) is 24.8 Å². The molecule has 82 valence electrons. The first kappa shape index (κ1) is 11.3. The Labute approximate surface area is 101 Å². The van der Waals surface area contributed by atoms with E-state index in [1.54, 1.807) is 0 Å². The van der Waals surface area contributed by atoms with E-state index in [4.69, 9.17) is 23.2 Å². The maximum absolute atomic E-state index is 6.05. The van der Waals surface area contributed by atoms with Gasteiger partial charge in [0.2, 0.25) is 0 Å². The summed E-state index contributed by atoms with van der Waals surface area (Å²) in [7, 11) is 2.00. The molecule has 3 heteroatoms. The van der Waals surface area contributed by atoms with Crippen LogP contribution in [0.4, 0.5) is 0 Å². The molecule has 1 aliphatic rings. The average molecular weight is 244 g/mol. The molecule has 0 aliphatic heterocycles. The number of nitrogens with one attached hydrogen (secondary N) is 1. The Hall–Kier alpha value is -0.240. The molecule has 0 radical (unpaired) electrons. The lowest BCUT2D eigenvalue weighted by atomic mass is 9.64. The molecule has 0 saturated heterocycles. The number of hydrogen-bond acceptors (Lipinski definition) is 1. The summed E-state index contributed by atoms with van der Waals surface area (Å²) >= 11 is 12.0. The molecule has 0 unspecified atom stereocenters. The highest BCUT2D eigenvalue weighted by molar-refractivity contribution is 6.42. The SMILES string of the molecule is CNCC1(c2ccc(Cl)c(Cl)c2)CCC1. The van der Waals surface area contributed by atoms with Gasteiger partial charge in [-0.15, -0.1) is 0 Å². The third-order valence-electron chi connectivity index (χ3n) is 3.36. The number of halogens is 2. The zero-order chi connectivity index (χ0) is 10.9. The predicted molar refractivity (Wildman–Crippen MR) is 65.9 cm³/mol. The zero-order valence-electron chi connectivity index (χ0n) is 8.82. The number of likely N-dealkylation sites (N-methyl/N-ethyl adjacent to an activating group) is 1. The summed E-state index contributed by atoms with van der Waals surface area (Å²) in [5.74, 6) is 0. The van der Waals surface area contributed by atoms with Crippen molar-refractivity contribution in [2.75, 3.05) is 13.6 Å². The largest absolute Gasteiger partial charge is 0.319 e. The van der Waals surface area contributed by atoms with Crippen LogP contribution in [0.2, 0.25) is 10.0 Å². The molecule has 2 rings (SSSR count). The highest BCUT2D eigenvalue weighted by atomic mass is 35.5. The molecule has 0 spiro atoms. The highest BCUT2D eigenvalue weighted by Crippen LogP contribution is 2.44. The maximum Gasteiger partial charge on any atom is 0.0595 e. The molecule has 0 heterocycles. The molecule has 1 nitrogen and oxygen atoms in total. The molecule has 1 aromatic rings. The molecule has 1 aromatic carbocycles. The van der Waals surface area contributed by atoms with Crippen LogP contribution in [0.3, 0.4) is 0 Å². The fourth-order valence-corrected chi connectivity index (χ4v) is 2.63. The van der Waals surface area contributed by atoms with Crippen LogP contribution in [0.15, 0.2) is 18.2 Å². The monoisotopic (exact) mass is 243 g/mol. The van der Waals surface area contributed by atoms with Crippen molar-refractivity contribution in [3.63, 3.8) is 0 Å². The molecule has 0 bridgehead atoms. The van der Waals surface area contributed by atoms with Crippen LogP contribution >= 0.6 is 23.2 Å². The van der Waals surface area contributed by atoms with E-state index in [1.165, 1.54) is 24.8 Å². The first-order valence-corrected chi connectivity index (χ1v) is 6.04. The van der Waals surface area contributed by atoms with Crippen molar-refractivity contribution in [2.24, 2.45) is 0 Å². The van der Waals surface area contributed by atoms with Gasteiger partial charge in [-0.05, 0) is 37.6 Å². The van der Waals surface area contributed by atoms with Gasteiger partial charge < -0.3 is 5.32 Å². The van der Waals surface area contributed by atoms with Gasteiger partial charge in [-0.2, -0.15) is 0 Å². The Bertz CT molecular complexity index is 359. The summed E-state index contributed by atoms with van der Waals surface area (Å²) in [5.41, 5.74) is 1.61. The van der Waals surface area contributed by atoms with Crippen LogP contribution < -0.4 is 5.32 Å². The molecule has 0 atom stereocenters. The second-order valence-electron chi connectivity index (χ2n) is 4.29. The van der Waals surface area contributed by atoms with Gasteiger partial charge in [-0.3, -0.25) is 0 Å². The van der Waals surface area contributed by atoms with Crippen molar-refractivity contribution in [2.45, 2.75) is 24.7 Å². The molecule has 1 aliphatic carbocycles. The van der Waals surface area contributed by atoms with Crippen LogP contribution in [0.25, 0.3) is 0 Å². The average Bonchev–Trinajstić information content (AvgIpc) is 2.16. The first-order chi connectivity index (χ1) is 7.18. The zero-order valence-corrected chi connectivity index (χ0v) is 10.3. The van der Waals surface area contributed by atoms with Gasteiger partial charge in [-0.1, -0.05) is 35.7 Å². The van der Waals surface area contributed by atoms with Gasteiger partial charge in [0.05, 0.1) is 10.0 Å². The lowest BCUT2D eigenvalue weighted by molar-refractivity contribution is 0.239. The van der Waals surface area contributed by atoms with E-state index in [9.17, 15) is 0 Å². The van der Waals surface area contributed by atoms with Gasteiger partial charge in [0, 0.05) is 12.0 Å².